The number of hydrogen-bond acceptors (Lipinski definition) is 6. The monoisotopic (exact) mass is 359 g/mol. The van der Waals surface area contributed by atoms with E-state index in [0.29, 0.717) is 13.0 Å². The maximum Gasteiger partial charge on any atom is 0.235 e. The van der Waals surface area contributed by atoms with Crippen molar-refractivity contribution in [2.45, 2.75) is 33.1 Å². The van der Waals surface area contributed by atoms with Gasteiger partial charge in [0.05, 0.1) is 0 Å². The lowest BCUT2D eigenvalue weighted by atomic mass is 9.81. The number of Topliss-reactive ketones (excluding diaryl/α,β-unsaturated/α-hetero) is 1. The van der Waals surface area contributed by atoms with Crippen molar-refractivity contribution in [3.05, 3.63) is 18.5 Å². The predicted octanol–water partition coefficient (Wildman–Crippen LogP) is 1.21. The van der Waals surface area contributed by atoms with Crippen molar-refractivity contribution >= 4 is 17.6 Å². The summed E-state index contributed by atoms with van der Waals surface area (Å²) < 4.78 is 0. The molecule has 2 aliphatic heterocycles. The third-order valence-electron chi connectivity index (χ3n) is 5.49. The molecule has 2 aliphatic rings. The first-order valence-corrected chi connectivity index (χ1v) is 9.55. The number of nitrogens with zero attached hydrogens (tertiary/aromatic N) is 5. The van der Waals surface area contributed by atoms with Crippen LogP contribution in [0.2, 0.25) is 0 Å². The Morgan fingerprint density at radius 2 is 1.62 bits per heavy atom. The quantitative estimate of drug-likeness (QED) is 0.562. The molecule has 0 spiro atoms. The van der Waals surface area contributed by atoms with Crippen molar-refractivity contribution in [3.63, 3.8) is 0 Å². The fourth-order valence-corrected chi connectivity index (χ4v) is 3.64. The Morgan fingerprint density at radius 3 is 2.31 bits per heavy atom. The zero-order valence-electron chi connectivity index (χ0n) is 15.9. The van der Waals surface area contributed by atoms with Crippen LogP contribution in [0.4, 0.5) is 5.95 Å². The van der Waals surface area contributed by atoms with Crippen LogP contribution in [-0.4, -0.2) is 77.3 Å². The summed E-state index contributed by atoms with van der Waals surface area (Å²) in [6.07, 6.45) is 6.11. The van der Waals surface area contributed by atoms with E-state index in [2.05, 4.69) is 19.8 Å². The SMILES string of the molecule is CC1(C)C(=O)CCN(CCCCN2CCN(c3ncccn3)CC2)C1=O. The van der Waals surface area contributed by atoms with Gasteiger partial charge in [0, 0.05) is 58.1 Å². The lowest BCUT2D eigenvalue weighted by Gasteiger charge is -2.36. The molecule has 3 rings (SSSR count). The molecule has 26 heavy (non-hydrogen) atoms. The molecule has 1 aromatic rings. The Hall–Kier alpha value is -2.02. The van der Waals surface area contributed by atoms with Crippen LogP contribution in [-0.2, 0) is 9.59 Å². The number of likely N-dealkylation sites (tertiary alicyclic amines) is 1. The second-order valence-corrected chi connectivity index (χ2v) is 7.67. The molecule has 0 aromatic carbocycles. The van der Waals surface area contributed by atoms with E-state index in [9.17, 15) is 9.59 Å². The van der Waals surface area contributed by atoms with Crippen LogP contribution in [0.3, 0.4) is 0 Å². The molecule has 7 nitrogen and oxygen atoms in total. The number of carbonyl (C=O) groups is 2. The van der Waals surface area contributed by atoms with Crippen molar-refractivity contribution in [1.29, 1.82) is 0 Å². The van der Waals surface area contributed by atoms with Gasteiger partial charge in [0.15, 0.2) is 0 Å². The van der Waals surface area contributed by atoms with Crippen molar-refractivity contribution in [3.8, 4) is 0 Å². The Kier molecular flexibility index (Phi) is 5.86. The molecule has 3 heterocycles. The first-order valence-electron chi connectivity index (χ1n) is 9.55. The maximum absolute atomic E-state index is 12.4. The highest BCUT2D eigenvalue weighted by Crippen LogP contribution is 2.27. The van der Waals surface area contributed by atoms with Gasteiger partial charge >= 0.3 is 0 Å². The zero-order valence-corrected chi connectivity index (χ0v) is 15.9. The van der Waals surface area contributed by atoms with Crippen LogP contribution in [0.1, 0.15) is 33.1 Å². The number of amides is 1. The van der Waals surface area contributed by atoms with Crippen LogP contribution in [0, 0.1) is 5.41 Å². The lowest BCUT2D eigenvalue weighted by Crippen LogP contribution is -2.51. The normalized spacial score (nSPS) is 21.3. The molecule has 0 N–H and O–H groups in total. The van der Waals surface area contributed by atoms with Crippen molar-refractivity contribution in [2.75, 3.05) is 50.7 Å². The summed E-state index contributed by atoms with van der Waals surface area (Å²) in [6.45, 7) is 9.82. The second kappa shape index (κ2) is 8.12. The fraction of sp³-hybridized carbons (Fsp3) is 0.684. The van der Waals surface area contributed by atoms with Gasteiger partial charge in [-0.05, 0) is 39.3 Å². The fourth-order valence-electron chi connectivity index (χ4n) is 3.64. The standard InChI is InChI=1S/C19H29N5O2/c1-19(2)16(25)6-11-23(17(19)26)10-4-3-9-22-12-14-24(15-13-22)18-20-7-5-8-21-18/h5,7-8H,3-4,6,9-15H2,1-2H3. The van der Waals surface area contributed by atoms with Gasteiger partial charge in [0.1, 0.15) is 11.2 Å². The van der Waals surface area contributed by atoms with Gasteiger partial charge in [-0.15, -0.1) is 0 Å². The van der Waals surface area contributed by atoms with Gasteiger partial charge in [-0.3, -0.25) is 14.5 Å². The van der Waals surface area contributed by atoms with Crippen LogP contribution in [0.5, 0.6) is 0 Å². The Morgan fingerprint density at radius 1 is 0.962 bits per heavy atom. The summed E-state index contributed by atoms with van der Waals surface area (Å²) >= 11 is 0. The van der Waals surface area contributed by atoms with Gasteiger partial charge in [-0.1, -0.05) is 0 Å². The van der Waals surface area contributed by atoms with E-state index in [1.165, 1.54) is 0 Å². The van der Waals surface area contributed by atoms with E-state index in [1.807, 2.05) is 11.0 Å². The molecule has 2 saturated heterocycles. The summed E-state index contributed by atoms with van der Waals surface area (Å²) in [7, 11) is 0. The average molecular weight is 359 g/mol. The van der Waals surface area contributed by atoms with Gasteiger partial charge in [0.2, 0.25) is 11.9 Å². The molecule has 1 aromatic heterocycles. The summed E-state index contributed by atoms with van der Waals surface area (Å²) in [5.74, 6) is 0.872. The second-order valence-electron chi connectivity index (χ2n) is 7.67. The molecular weight excluding hydrogens is 330 g/mol. The molecular formula is C19H29N5O2. The van der Waals surface area contributed by atoms with Gasteiger partial charge in [-0.25, -0.2) is 9.97 Å². The predicted molar refractivity (Wildman–Crippen MR) is 99.9 cm³/mol. The molecule has 0 saturated carbocycles. The Balaban J connectivity index is 1.35. The molecule has 1 amide bonds. The number of ketones is 1. The van der Waals surface area contributed by atoms with Gasteiger partial charge in [-0.2, -0.15) is 0 Å². The molecule has 2 fully saturated rings. The van der Waals surface area contributed by atoms with Crippen LogP contribution < -0.4 is 4.90 Å². The number of anilines is 1. The average Bonchev–Trinajstić information content (AvgIpc) is 2.66. The van der Waals surface area contributed by atoms with Crippen molar-refractivity contribution in [1.82, 2.24) is 19.8 Å². The maximum atomic E-state index is 12.4. The highest BCUT2D eigenvalue weighted by molar-refractivity contribution is 6.07. The molecule has 142 valence electrons. The van der Waals surface area contributed by atoms with E-state index in [1.54, 1.807) is 26.2 Å². The molecule has 0 unspecified atom stereocenters. The smallest absolute Gasteiger partial charge is 0.235 e. The van der Waals surface area contributed by atoms with E-state index in [0.717, 1.165) is 58.1 Å². The minimum Gasteiger partial charge on any atom is -0.341 e. The van der Waals surface area contributed by atoms with Crippen LogP contribution in [0.15, 0.2) is 18.5 Å². The topological polar surface area (TPSA) is 69.6 Å². The summed E-state index contributed by atoms with van der Waals surface area (Å²) in [5, 5.41) is 0. The van der Waals surface area contributed by atoms with Gasteiger partial charge in [0.25, 0.3) is 0 Å². The number of hydrogen-bond donors (Lipinski definition) is 0. The molecule has 7 heteroatoms. The molecule has 0 atom stereocenters. The van der Waals surface area contributed by atoms with Gasteiger partial charge < -0.3 is 9.80 Å². The number of aromatic nitrogens is 2. The largest absolute Gasteiger partial charge is 0.341 e. The number of piperazine rings is 1. The summed E-state index contributed by atoms with van der Waals surface area (Å²) in [6, 6.07) is 1.84. The van der Waals surface area contributed by atoms with Crippen molar-refractivity contribution in [2.24, 2.45) is 5.41 Å². The van der Waals surface area contributed by atoms with Crippen LogP contribution in [0.25, 0.3) is 0 Å². The highest BCUT2D eigenvalue weighted by Gasteiger charge is 2.42. The number of carbonyl (C=O) groups excluding carboxylic acids is 2. The number of unbranched alkanes of at least 4 members (excludes halogenated alkanes) is 1. The minimum absolute atomic E-state index is 0.00905. The first kappa shape index (κ1) is 18.8. The Bertz CT molecular complexity index is 626. The highest BCUT2D eigenvalue weighted by atomic mass is 16.2. The minimum atomic E-state index is -0.839. The van der Waals surface area contributed by atoms with Crippen molar-refractivity contribution < 1.29 is 9.59 Å². The summed E-state index contributed by atoms with van der Waals surface area (Å²) in [4.78, 5) is 39.5. The first-order chi connectivity index (χ1) is 12.5. The van der Waals surface area contributed by atoms with E-state index < -0.39 is 5.41 Å². The van der Waals surface area contributed by atoms with E-state index >= 15 is 0 Å². The van der Waals surface area contributed by atoms with E-state index in [-0.39, 0.29) is 11.7 Å². The third kappa shape index (κ3) is 4.20. The molecule has 0 bridgehead atoms. The molecule has 0 aliphatic carbocycles. The Labute approximate surface area is 155 Å². The van der Waals surface area contributed by atoms with Crippen LogP contribution >= 0.6 is 0 Å². The number of piperidine rings is 1. The summed E-state index contributed by atoms with van der Waals surface area (Å²) in [5.41, 5.74) is -0.839. The lowest BCUT2D eigenvalue weighted by molar-refractivity contribution is -0.152. The third-order valence-corrected chi connectivity index (χ3v) is 5.49. The van der Waals surface area contributed by atoms with E-state index in [4.69, 9.17) is 0 Å². The molecule has 0 radical (unpaired) electrons. The number of rotatable bonds is 6. The zero-order chi connectivity index (χ0) is 18.6.